The van der Waals surface area contributed by atoms with Gasteiger partial charge in [-0.25, -0.2) is 0 Å². The Morgan fingerprint density at radius 1 is 1.05 bits per heavy atom. The van der Waals surface area contributed by atoms with Gasteiger partial charge in [0.1, 0.15) is 0 Å². The Balaban J connectivity index is 1.99. The van der Waals surface area contributed by atoms with E-state index in [2.05, 4.69) is 43.0 Å². The molecule has 104 valence electrons. The minimum absolute atomic E-state index is 0.205. The predicted octanol–water partition coefficient (Wildman–Crippen LogP) is 4.09. The average molecular weight is 267 g/mol. The Bertz CT molecular complexity index is 563. The molecule has 0 heterocycles. The lowest BCUT2D eigenvalue weighted by Gasteiger charge is -2.23. The van der Waals surface area contributed by atoms with Crippen LogP contribution in [0.5, 0.6) is 0 Å². The van der Waals surface area contributed by atoms with Gasteiger partial charge >= 0.3 is 0 Å². The van der Waals surface area contributed by atoms with Gasteiger partial charge in [-0.15, -0.1) is 0 Å². The molecule has 0 fully saturated rings. The fraction of sp³-hybridized carbons (Fsp3) is 0.278. The fourth-order valence-electron chi connectivity index (χ4n) is 2.30. The second kappa shape index (κ2) is 6.90. The maximum Gasteiger partial charge on any atom is 0.164 e. The lowest BCUT2D eigenvalue weighted by atomic mass is 10.1. The normalized spacial score (nSPS) is 10.3. The first-order chi connectivity index (χ1) is 9.70. The third-order valence-electron chi connectivity index (χ3n) is 3.45. The molecule has 0 unspecified atom stereocenters. The van der Waals surface area contributed by atoms with Gasteiger partial charge in [0.15, 0.2) is 5.78 Å². The number of benzene rings is 2. The Hall–Kier alpha value is -2.09. The van der Waals surface area contributed by atoms with Crippen LogP contribution in [0.1, 0.15) is 29.3 Å². The van der Waals surface area contributed by atoms with Crippen molar-refractivity contribution in [1.82, 2.24) is 0 Å². The topological polar surface area (TPSA) is 20.3 Å². The zero-order valence-corrected chi connectivity index (χ0v) is 12.2. The van der Waals surface area contributed by atoms with E-state index in [4.69, 9.17) is 0 Å². The second-order valence-corrected chi connectivity index (χ2v) is 4.96. The molecule has 0 saturated heterocycles. The number of nitrogens with zero attached hydrogens (tertiary/aromatic N) is 1. The van der Waals surface area contributed by atoms with Crippen molar-refractivity contribution in [3.8, 4) is 0 Å². The summed E-state index contributed by atoms with van der Waals surface area (Å²) in [5.41, 5.74) is 3.23. The number of carbonyl (C=O) groups is 1. The molecule has 2 aromatic carbocycles. The summed E-state index contributed by atoms with van der Waals surface area (Å²) in [5, 5.41) is 0. The third-order valence-corrected chi connectivity index (χ3v) is 3.45. The van der Waals surface area contributed by atoms with Crippen LogP contribution >= 0.6 is 0 Å². The molecule has 0 radical (unpaired) electrons. The van der Waals surface area contributed by atoms with Gasteiger partial charge in [0.05, 0.1) is 0 Å². The van der Waals surface area contributed by atoms with Gasteiger partial charge in [0.2, 0.25) is 0 Å². The fourth-order valence-corrected chi connectivity index (χ4v) is 2.30. The molecule has 0 aromatic heterocycles. The molecular weight excluding hydrogens is 246 g/mol. The van der Waals surface area contributed by atoms with Crippen LogP contribution in [0.2, 0.25) is 0 Å². The van der Waals surface area contributed by atoms with E-state index >= 15 is 0 Å². The molecule has 20 heavy (non-hydrogen) atoms. The van der Waals surface area contributed by atoms with Crippen molar-refractivity contribution in [1.29, 1.82) is 0 Å². The Labute approximate surface area is 121 Å². The Kier molecular flexibility index (Phi) is 4.94. The lowest BCUT2D eigenvalue weighted by Crippen LogP contribution is -2.25. The molecule has 0 saturated carbocycles. The van der Waals surface area contributed by atoms with Crippen LogP contribution < -0.4 is 4.90 Å². The number of hydrogen-bond acceptors (Lipinski definition) is 2. The molecule has 0 aliphatic carbocycles. The molecule has 0 atom stereocenters. The van der Waals surface area contributed by atoms with Crippen molar-refractivity contribution >= 4 is 11.5 Å². The van der Waals surface area contributed by atoms with Gasteiger partial charge < -0.3 is 4.90 Å². The number of ketones is 1. The predicted molar refractivity (Wildman–Crippen MR) is 84.5 cm³/mol. The molecule has 0 amide bonds. The number of Topliss-reactive ketones (excluding diaryl/α,β-unsaturated/α-hetero) is 1. The van der Waals surface area contributed by atoms with E-state index in [0.717, 1.165) is 18.7 Å². The molecule has 2 heteroatoms. The van der Waals surface area contributed by atoms with E-state index in [-0.39, 0.29) is 5.78 Å². The molecule has 0 spiro atoms. The monoisotopic (exact) mass is 267 g/mol. The quantitative estimate of drug-likeness (QED) is 0.735. The first-order valence-corrected chi connectivity index (χ1v) is 7.10. The molecule has 2 rings (SSSR count). The largest absolute Gasteiger partial charge is 0.371 e. The molecular formula is C18H21NO. The van der Waals surface area contributed by atoms with Gasteiger partial charge in [0, 0.05) is 30.8 Å². The SMILES string of the molecule is CCN(CCC(=O)c1ccccc1)c1cccc(C)c1. The first kappa shape index (κ1) is 14.3. The minimum Gasteiger partial charge on any atom is -0.371 e. The van der Waals surface area contributed by atoms with Crippen molar-refractivity contribution in [3.05, 3.63) is 65.7 Å². The van der Waals surface area contributed by atoms with E-state index in [1.54, 1.807) is 0 Å². The summed E-state index contributed by atoms with van der Waals surface area (Å²) in [6, 6.07) is 17.9. The summed E-state index contributed by atoms with van der Waals surface area (Å²) in [6.07, 6.45) is 0.547. The summed E-state index contributed by atoms with van der Waals surface area (Å²) < 4.78 is 0. The number of hydrogen-bond donors (Lipinski definition) is 0. The van der Waals surface area contributed by atoms with Crippen LogP contribution in [0.15, 0.2) is 54.6 Å². The third kappa shape index (κ3) is 3.70. The molecule has 2 nitrogen and oxygen atoms in total. The molecule has 0 aliphatic rings. The second-order valence-electron chi connectivity index (χ2n) is 4.96. The lowest BCUT2D eigenvalue weighted by molar-refractivity contribution is 0.0984. The van der Waals surface area contributed by atoms with E-state index in [1.165, 1.54) is 11.3 Å². The number of carbonyl (C=O) groups excluding carboxylic acids is 1. The van der Waals surface area contributed by atoms with Crippen molar-refractivity contribution < 1.29 is 4.79 Å². The van der Waals surface area contributed by atoms with Crippen LogP contribution in [0.3, 0.4) is 0 Å². The summed E-state index contributed by atoms with van der Waals surface area (Å²) in [4.78, 5) is 14.4. The highest BCUT2D eigenvalue weighted by Gasteiger charge is 2.09. The highest BCUT2D eigenvalue weighted by molar-refractivity contribution is 5.96. The average Bonchev–Trinajstić information content (AvgIpc) is 2.48. The highest BCUT2D eigenvalue weighted by atomic mass is 16.1. The van der Waals surface area contributed by atoms with Crippen LogP contribution in [0.4, 0.5) is 5.69 Å². The zero-order valence-electron chi connectivity index (χ0n) is 12.2. The van der Waals surface area contributed by atoms with Crippen LogP contribution in [0, 0.1) is 6.92 Å². The van der Waals surface area contributed by atoms with Gasteiger partial charge in [-0.1, -0.05) is 42.5 Å². The van der Waals surface area contributed by atoms with Gasteiger partial charge in [-0.2, -0.15) is 0 Å². The van der Waals surface area contributed by atoms with E-state index < -0.39 is 0 Å². The van der Waals surface area contributed by atoms with Crippen LogP contribution in [0.25, 0.3) is 0 Å². The van der Waals surface area contributed by atoms with Crippen molar-refractivity contribution in [2.45, 2.75) is 20.3 Å². The standard InChI is InChI=1S/C18H21NO/c1-3-19(17-11-7-8-15(2)14-17)13-12-18(20)16-9-5-4-6-10-16/h4-11,14H,3,12-13H2,1-2H3. The summed E-state index contributed by atoms with van der Waals surface area (Å²) in [6.45, 7) is 5.88. The van der Waals surface area contributed by atoms with E-state index in [0.29, 0.717) is 6.42 Å². The molecule has 2 aromatic rings. The van der Waals surface area contributed by atoms with Gasteiger partial charge in [0.25, 0.3) is 0 Å². The maximum atomic E-state index is 12.1. The van der Waals surface area contributed by atoms with Crippen LogP contribution in [-0.2, 0) is 0 Å². The Morgan fingerprint density at radius 3 is 2.45 bits per heavy atom. The summed E-state index contributed by atoms with van der Waals surface area (Å²) >= 11 is 0. The zero-order chi connectivity index (χ0) is 14.4. The molecule has 0 bridgehead atoms. The first-order valence-electron chi connectivity index (χ1n) is 7.10. The molecule has 0 aliphatic heterocycles. The minimum atomic E-state index is 0.205. The summed E-state index contributed by atoms with van der Waals surface area (Å²) in [5.74, 6) is 0.205. The van der Waals surface area contributed by atoms with Gasteiger partial charge in [-0.3, -0.25) is 4.79 Å². The highest BCUT2D eigenvalue weighted by Crippen LogP contribution is 2.16. The van der Waals surface area contributed by atoms with Crippen molar-refractivity contribution in [2.75, 3.05) is 18.0 Å². The maximum absolute atomic E-state index is 12.1. The molecule has 0 N–H and O–H groups in total. The van der Waals surface area contributed by atoms with E-state index in [1.807, 2.05) is 30.3 Å². The van der Waals surface area contributed by atoms with Crippen molar-refractivity contribution in [2.24, 2.45) is 0 Å². The Morgan fingerprint density at radius 2 is 1.80 bits per heavy atom. The number of rotatable bonds is 6. The summed E-state index contributed by atoms with van der Waals surface area (Å²) in [7, 11) is 0. The number of aryl methyl sites for hydroxylation is 1. The van der Waals surface area contributed by atoms with Crippen molar-refractivity contribution in [3.63, 3.8) is 0 Å². The van der Waals surface area contributed by atoms with E-state index in [9.17, 15) is 4.79 Å². The van der Waals surface area contributed by atoms with Crippen LogP contribution in [-0.4, -0.2) is 18.9 Å². The van der Waals surface area contributed by atoms with Gasteiger partial charge in [-0.05, 0) is 31.5 Å². The smallest absolute Gasteiger partial charge is 0.164 e. The number of anilines is 1.